The van der Waals surface area contributed by atoms with Gasteiger partial charge in [0, 0.05) is 0 Å². The number of nitrogens with one attached hydrogen (secondary N) is 1. The fraction of sp³-hybridized carbons (Fsp3) is 0.250. The molecule has 0 bridgehead atoms. The van der Waals surface area contributed by atoms with E-state index in [-0.39, 0.29) is 23.0 Å². The first-order valence-corrected chi connectivity index (χ1v) is 9.52. The van der Waals surface area contributed by atoms with Gasteiger partial charge < -0.3 is 5.32 Å². The van der Waals surface area contributed by atoms with Gasteiger partial charge in [0.25, 0.3) is 0 Å². The zero-order chi connectivity index (χ0) is 19.4. The summed E-state index contributed by atoms with van der Waals surface area (Å²) in [6.07, 6.45) is 1.65. The first-order valence-electron chi connectivity index (χ1n) is 8.64. The third-order valence-corrected chi connectivity index (χ3v) is 5.33. The van der Waals surface area contributed by atoms with Crippen LogP contribution in [0.4, 0.5) is 4.39 Å². The molecule has 140 valence electrons. The molecule has 0 fully saturated rings. The highest BCUT2D eigenvalue weighted by molar-refractivity contribution is 8.00. The van der Waals surface area contributed by atoms with Gasteiger partial charge >= 0.3 is 0 Å². The van der Waals surface area contributed by atoms with Crippen molar-refractivity contribution >= 4 is 17.7 Å². The van der Waals surface area contributed by atoms with Crippen molar-refractivity contribution in [2.24, 2.45) is 0 Å². The van der Waals surface area contributed by atoms with Crippen molar-refractivity contribution in [3.63, 3.8) is 0 Å². The van der Waals surface area contributed by atoms with Gasteiger partial charge in [-0.15, -0.1) is 10.2 Å². The summed E-state index contributed by atoms with van der Waals surface area (Å²) in [7, 11) is 0. The number of nitrogens with zero attached hydrogens (tertiary/aromatic N) is 3. The number of hydrogen-bond donors (Lipinski definition) is 1. The molecular weight excluding hydrogens is 363 g/mol. The zero-order valence-corrected chi connectivity index (χ0v) is 16.2. The molecule has 5 nitrogen and oxygen atoms in total. The summed E-state index contributed by atoms with van der Waals surface area (Å²) in [5.74, 6) is -0.409. The maximum atomic E-state index is 13.1. The second-order valence-electron chi connectivity index (χ2n) is 6.31. The normalized spacial score (nSPS) is 13.2. The molecule has 0 radical (unpaired) electrons. The number of para-hydroxylation sites is 1. The molecule has 0 aliphatic carbocycles. The summed E-state index contributed by atoms with van der Waals surface area (Å²) < 4.78 is 14.9. The molecule has 0 aliphatic rings. The Morgan fingerprint density at radius 2 is 1.85 bits per heavy atom. The van der Waals surface area contributed by atoms with Gasteiger partial charge in [-0.3, -0.25) is 9.36 Å². The van der Waals surface area contributed by atoms with Crippen LogP contribution in [0.3, 0.4) is 0 Å². The number of aryl methyl sites for hydroxylation is 1. The number of benzene rings is 2. The lowest BCUT2D eigenvalue weighted by molar-refractivity contribution is -0.120. The lowest BCUT2D eigenvalue weighted by Crippen LogP contribution is -2.33. The van der Waals surface area contributed by atoms with Crippen LogP contribution >= 0.6 is 11.8 Å². The minimum Gasteiger partial charge on any atom is -0.349 e. The number of halogens is 1. The molecule has 1 N–H and O–H groups in total. The predicted octanol–water partition coefficient (Wildman–Crippen LogP) is 4.07. The van der Waals surface area contributed by atoms with Gasteiger partial charge in [-0.2, -0.15) is 0 Å². The van der Waals surface area contributed by atoms with Gasteiger partial charge in [0.15, 0.2) is 5.16 Å². The Bertz CT molecular complexity index is 926. The first-order chi connectivity index (χ1) is 13.0. The fourth-order valence-electron chi connectivity index (χ4n) is 2.68. The van der Waals surface area contributed by atoms with Crippen LogP contribution in [0, 0.1) is 12.7 Å². The number of hydrogen-bond acceptors (Lipinski definition) is 4. The molecule has 0 spiro atoms. The van der Waals surface area contributed by atoms with Crippen molar-refractivity contribution in [1.29, 1.82) is 0 Å². The molecule has 0 unspecified atom stereocenters. The molecular formula is C20H21FN4OS. The highest BCUT2D eigenvalue weighted by atomic mass is 32.2. The SMILES string of the molecule is Cc1ccccc1-n1cnnc1S[C@@H](C)C(=O)N[C@@H](C)c1ccc(F)cc1. The summed E-state index contributed by atoms with van der Waals surface area (Å²) in [4.78, 5) is 12.6. The van der Waals surface area contributed by atoms with Gasteiger partial charge in [0.05, 0.1) is 17.0 Å². The summed E-state index contributed by atoms with van der Waals surface area (Å²) in [5.41, 5.74) is 2.93. The van der Waals surface area contributed by atoms with Gasteiger partial charge in [-0.05, 0) is 50.1 Å². The Labute approximate surface area is 162 Å². The van der Waals surface area contributed by atoms with E-state index >= 15 is 0 Å². The molecule has 0 saturated carbocycles. The van der Waals surface area contributed by atoms with E-state index in [0.717, 1.165) is 16.8 Å². The summed E-state index contributed by atoms with van der Waals surface area (Å²) >= 11 is 1.35. The van der Waals surface area contributed by atoms with Crippen molar-refractivity contribution in [1.82, 2.24) is 20.1 Å². The van der Waals surface area contributed by atoms with Crippen LogP contribution in [0.15, 0.2) is 60.0 Å². The Kier molecular flexibility index (Phi) is 5.91. The number of amides is 1. The minimum absolute atomic E-state index is 0.115. The lowest BCUT2D eigenvalue weighted by Gasteiger charge is -2.18. The van der Waals surface area contributed by atoms with E-state index in [4.69, 9.17) is 0 Å². The van der Waals surface area contributed by atoms with Crippen molar-refractivity contribution in [2.45, 2.75) is 37.2 Å². The fourth-order valence-corrected chi connectivity index (χ4v) is 3.53. The van der Waals surface area contributed by atoms with Gasteiger partial charge in [-0.25, -0.2) is 4.39 Å². The van der Waals surface area contributed by atoms with Crippen molar-refractivity contribution in [2.75, 3.05) is 0 Å². The molecule has 1 amide bonds. The van der Waals surface area contributed by atoms with E-state index < -0.39 is 0 Å². The van der Waals surface area contributed by atoms with E-state index in [0.29, 0.717) is 5.16 Å². The quantitative estimate of drug-likeness (QED) is 0.651. The van der Waals surface area contributed by atoms with Crippen molar-refractivity contribution in [3.8, 4) is 5.69 Å². The monoisotopic (exact) mass is 384 g/mol. The molecule has 2 aromatic carbocycles. The highest BCUT2D eigenvalue weighted by Crippen LogP contribution is 2.26. The van der Waals surface area contributed by atoms with Crippen LogP contribution in [0.2, 0.25) is 0 Å². The lowest BCUT2D eigenvalue weighted by atomic mass is 10.1. The highest BCUT2D eigenvalue weighted by Gasteiger charge is 2.20. The van der Waals surface area contributed by atoms with E-state index in [1.54, 1.807) is 18.5 Å². The number of aromatic nitrogens is 3. The minimum atomic E-state index is -0.361. The van der Waals surface area contributed by atoms with E-state index in [9.17, 15) is 9.18 Å². The number of carbonyl (C=O) groups excluding carboxylic acids is 1. The summed E-state index contributed by atoms with van der Waals surface area (Å²) in [6.45, 7) is 5.72. The summed E-state index contributed by atoms with van der Waals surface area (Å²) in [5, 5.41) is 11.4. The first kappa shape index (κ1) is 19.1. The molecule has 0 saturated heterocycles. The molecule has 2 atom stereocenters. The molecule has 3 rings (SSSR count). The van der Waals surface area contributed by atoms with Crippen LogP contribution < -0.4 is 5.32 Å². The Balaban J connectivity index is 1.68. The number of carbonyl (C=O) groups is 1. The second-order valence-corrected chi connectivity index (χ2v) is 7.62. The number of thioether (sulfide) groups is 1. The molecule has 3 aromatic rings. The van der Waals surface area contributed by atoms with Gasteiger partial charge in [0.2, 0.25) is 5.91 Å². The largest absolute Gasteiger partial charge is 0.349 e. The second kappa shape index (κ2) is 8.35. The van der Waals surface area contributed by atoms with Crippen LogP contribution in [-0.4, -0.2) is 25.9 Å². The van der Waals surface area contributed by atoms with Crippen molar-refractivity contribution < 1.29 is 9.18 Å². The van der Waals surface area contributed by atoms with Crippen LogP contribution in [0.5, 0.6) is 0 Å². The Hall–Kier alpha value is -2.67. The molecule has 1 aromatic heterocycles. The third-order valence-electron chi connectivity index (χ3n) is 4.27. The average molecular weight is 384 g/mol. The van der Waals surface area contributed by atoms with E-state index in [1.807, 2.05) is 49.6 Å². The van der Waals surface area contributed by atoms with Crippen LogP contribution in [0.1, 0.15) is 31.0 Å². The average Bonchev–Trinajstić information content (AvgIpc) is 3.10. The standard InChI is InChI=1S/C20H21FN4OS/c1-13-6-4-5-7-18(13)25-12-22-24-20(25)27-15(3)19(26)23-14(2)16-8-10-17(21)11-9-16/h4-12,14-15H,1-3H3,(H,23,26)/t14-,15-/m0/s1. The third kappa shape index (κ3) is 4.54. The van der Waals surface area contributed by atoms with E-state index in [1.165, 1.54) is 23.9 Å². The zero-order valence-electron chi connectivity index (χ0n) is 15.4. The Morgan fingerprint density at radius 1 is 1.15 bits per heavy atom. The number of rotatable bonds is 6. The maximum Gasteiger partial charge on any atom is 0.233 e. The molecule has 1 heterocycles. The maximum absolute atomic E-state index is 13.1. The van der Waals surface area contributed by atoms with E-state index in [2.05, 4.69) is 15.5 Å². The van der Waals surface area contributed by atoms with Crippen LogP contribution in [0.25, 0.3) is 5.69 Å². The van der Waals surface area contributed by atoms with Gasteiger partial charge in [0.1, 0.15) is 12.1 Å². The van der Waals surface area contributed by atoms with Gasteiger partial charge in [-0.1, -0.05) is 42.1 Å². The van der Waals surface area contributed by atoms with Crippen molar-refractivity contribution in [3.05, 3.63) is 71.8 Å². The molecule has 27 heavy (non-hydrogen) atoms. The summed E-state index contributed by atoms with van der Waals surface area (Å²) in [6, 6.07) is 13.9. The predicted molar refractivity (Wildman–Crippen MR) is 104 cm³/mol. The molecule has 0 aliphatic heterocycles. The van der Waals surface area contributed by atoms with Crippen LogP contribution in [-0.2, 0) is 4.79 Å². The molecule has 7 heteroatoms. The topological polar surface area (TPSA) is 59.8 Å². The Morgan fingerprint density at radius 3 is 2.56 bits per heavy atom. The smallest absolute Gasteiger partial charge is 0.233 e.